The quantitative estimate of drug-likeness (QED) is 0.786. The second-order valence-electron chi connectivity index (χ2n) is 2.69. The number of hydrogen-bond acceptors (Lipinski definition) is 5. The fraction of sp³-hybridized carbons (Fsp3) is 0.571. The van der Waals surface area contributed by atoms with E-state index in [4.69, 9.17) is 4.74 Å². The molecule has 0 aliphatic rings. The van der Waals surface area contributed by atoms with Gasteiger partial charge in [-0.2, -0.15) is 0 Å². The van der Waals surface area contributed by atoms with Crippen LogP contribution in [-0.4, -0.2) is 28.2 Å². The van der Waals surface area contributed by atoms with E-state index in [2.05, 4.69) is 14.9 Å². The number of amides is 1. The second-order valence-corrected chi connectivity index (χ2v) is 3.48. The number of ether oxygens (including phenoxy) is 1. The van der Waals surface area contributed by atoms with Crippen molar-refractivity contribution < 1.29 is 9.53 Å². The third-order valence-corrected chi connectivity index (χ3v) is 1.75. The lowest BCUT2D eigenvalue weighted by molar-refractivity contribution is -0.121. The average Bonchev–Trinajstić information content (AvgIpc) is 2.53. The van der Waals surface area contributed by atoms with Gasteiger partial charge in [0.25, 0.3) is 5.91 Å². The molecule has 0 aliphatic heterocycles. The maximum absolute atomic E-state index is 11.1. The summed E-state index contributed by atoms with van der Waals surface area (Å²) < 4.78 is 8.71. The maximum atomic E-state index is 11.1. The molecule has 13 heavy (non-hydrogen) atoms. The zero-order valence-electron chi connectivity index (χ0n) is 7.48. The number of carbonyl (C=O) groups is 1. The first-order valence-corrected chi connectivity index (χ1v) is 4.64. The van der Waals surface area contributed by atoms with E-state index in [1.165, 1.54) is 6.20 Å². The Bertz CT molecular complexity index is 261. The molecule has 0 radical (unpaired) electrons. The van der Waals surface area contributed by atoms with Crippen molar-refractivity contribution in [3.63, 3.8) is 0 Å². The van der Waals surface area contributed by atoms with Crippen LogP contribution in [0.2, 0.25) is 0 Å². The molecule has 1 amide bonds. The van der Waals surface area contributed by atoms with Crippen LogP contribution in [0, 0.1) is 0 Å². The van der Waals surface area contributed by atoms with E-state index in [9.17, 15) is 4.79 Å². The van der Waals surface area contributed by atoms with Crippen molar-refractivity contribution in [2.75, 3.05) is 11.9 Å². The van der Waals surface area contributed by atoms with E-state index in [0.717, 1.165) is 11.5 Å². The van der Waals surface area contributed by atoms with E-state index in [0.29, 0.717) is 5.00 Å². The zero-order chi connectivity index (χ0) is 9.68. The molecule has 0 fully saturated rings. The fourth-order valence-electron chi connectivity index (χ4n) is 0.638. The molecule has 6 heteroatoms. The summed E-state index contributed by atoms with van der Waals surface area (Å²) in [6, 6.07) is 0. The lowest BCUT2D eigenvalue weighted by atomic mass is 10.5. The van der Waals surface area contributed by atoms with Crippen LogP contribution in [0.4, 0.5) is 5.00 Å². The number of hydrogen-bond donors (Lipinski definition) is 1. The van der Waals surface area contributed by atoms with E-state index >= 15 is 0 Å². The van der Waals surface area contributed by atoms with E-state index in [-0.39, 0.29) is 18.6 Å². The summed E-state index contributed by atoms with van der Waals surface area (Å²) in [7, 11) is 0. The van der Waals surface area contributed by atoms with Crippen molar-refractivity contribution in [3.05, 3.63) is 6.20 Å². The normalized spacial score (nSPS) is 10.4. The summed E-state index contributed by atoms with van der Waals surface area (Å²) >= 11 is 1.14. The van der Waals surface area contributed by atoms with Crippen molar-refractivity contribution in [2.24, 2.45) is 0 Å². The Morgan fingerprint density at radius 2 is 2.54 bits per heavy atom. The Kier molecular flexibility index (Phi) is 3.78. The van der Waals surface area contributed by atoms with Gasteiger partial charge in [-0.3, -0.25) is 4.79 Å². The topological polar surface area (TPSA) is 64.1 Å². The Hall–Kier alpha value is -1.01. The molecule has 0 saturated carbocycles. The first-order valence-electron chi connectivity index (χ1n) is 3.87. The molecular formula is C7H11N3O2S. The molecule has 0 atom stereocenters. The smallest absolute Gasteiger partial charge is 0.251 e. The van der Waals surface area contributed by atoms with Crippen LogP contribution in [-0.2, 0) is 9.53 Å². The minimum absolute atomic E-state index is 0.0605. The Labute approximate surface area is 80.3 Å². The second kappa shape index (κ2) is 4.88. The van der Waals surface area contributed by atoms with Crippen molar-refractivity contribution >= 4 is 22.4 Å². The summed E-state index contributed by atoms with van der Waals surface area (Å²) in [5, 5.41) is 6.83. The molecular weight excluding hydrogens is 190 g/mol. The molecule has 0 unspecified atom stereocenters. The first kappa shape index (κ1) is 10.1. The third kappa shape index (κ3) is 3.95. The fourth-order valence-corrected chi connectivity index (χ4v) is 1.07. The molecule has 0 aliphatic carbocycles. The van der Waals surface area contributed by atoms with Gasteiger partial charge < -0.3 is 10.1 Å². The predicted octanol–water partition coefficient (Wildman–Crippen LogP) is 0.902. The van der Waals surface area contributed by atoms with Gasteiger partial charge in [-0.15, -0.1) is 5.10 Å². The van der Waals surface area contributed by atoms with E-state index in [1.807, 2.05) is 13.8 Å². The average molecular weight is 201 g/mol. The summed E-state index contributed by atoms with van der Waals surface area (Å²) in [6.07, 6.45) is 1.56. The Morgan fingerprint density at radius 3 is 3.08 bits per heavy atom. The monoisotopic (exact) mass is 201 g/mol. The van der Waals surface area contributed by atoms with Crippen LogP contribution < -0.4 is 5.32 Å². The standard InChI is InChI=1S/C7H11N3O2S/c1-5(2)12-4-6(11)9-7-3-8-10-13-7/h3,5H,4H2,1-2H3,(H,9,11). The van der Waals surface area contributed by atoms with Gasteiger partial charge in [0.2, 0.25) is 0 Å². The Morgan fingerprint density at radius 1 is 1.77 bits per heavy atom. The lowest BCUT2D eigenvalue weighted by Gasteiger charge is -2.06. The summed E-state index contributed by atoms with van der Waals surface area (Å²) in [4.78, 5) is 11.1. The van der Waals surface area contributed by atoms with Gasteiger partial charge in [0, 0.05) is 11.5 Å². The zero-order valence-corrected chi connectivity index (χ0v) is 8.30. The van der Waals surface area contributed by atoms with Crippen LogP contribution in [0.25, 0.3) is 0 Å². The number of nitrogens with zero attached hydrogens (tertiary/aromatic N) is 2. The minimum Gasteiger partial charge on any atom is -0.369 e. The predicted molar refractivity (Wildman–Crippen MR) is 49.6 cm³/mol. The number of carbonyl (C=O) groups excluding carboxylic acids is 1. The molecule has 1 aromatic rings. The first-order chi connectivity index (χ1) is 6.18. The molecule has 1 aromatic heterocycles. The highest BCUT2D eigenvalue weighted by atomic mass is 32.1. The molecule has 72 valence electrons. The number of aromatic nitrogens is 2. The number of rotatable bonds is 4. The van der Waals surface area contributed by atoms with E-state index in [1.54, 1.807) is 0 Å². The Balaban J connectivity index is 2.26. The van der Waals surface area contributed by atoms with Crippen molar-refractivity contribution in [1.82, 2.24) is 9.59 Å². The van der Waals surface area contributed by atoms with Crippen molar-refractivity contribution in [2.45, 2.75) is 20.0 Å². The highest BCUT2D eigenvalue weighted by Crippen LogP contribution is 2.08. The molecule has 0 bridgehead atoms. The SMILES string of the molecule is CC(C)OCC(=O)Nc1cnns1. The molecule has 0 saturated heterocycles. The molecule has 1 heterocycles. The summed E-state index contributed by atoms with van der Waals surface area (Å²) in [5.74, 6) is -0.181. The van der Waals surface area contributed by atoms with Crippen molar-refractivity contribution in [1.29, 1.82) is 0 Å². The molecule has 0 aromatic carbocycles. The van der Waals surface area contributed by atoms with Crippen LogP contribution >= 0.6 is 11.5 Å². The lowest BCUT2D eigenvalue weighted by Crippen LogP contribution is -2.20. The van der Waals surface area contributed by atoms with Gasteiger partial charge in [0.1, 0.15) is 11.6 Å². The summed E-state index contributed by atoms with van der Waals surface area (Å²) in [6.45, 7) is 3.82. The van der Waals surface area contributed by atoms with Crippen LogP contribution in [0.3, 0.4) is 0 Å². The van der Waals surface area contributed by atoms with E-state index < -0.39 is 0 Å². The van der Waals surface area contributed by atoms with Gasteiger partial charge >= 0.3 is 0 Å². The van der Waals surface area contributed by atoms with Gasteiger partial charge in [0.15, 0.2) is 0 Å². The van der Waals surface area contributed by atoms with Crippen LogP contribution in [0.5, 0.6) is 0 Å². The number of anilines is 1. The highest BCUT2D eigenvalue weighted by Gasteiger charge is 2.04. The van der Waals surface area contributed by atoms with Gasteiger partial charge in [-0.25, -0.2) is 0 Å². The van der Waals surface area contributed by atoms with Crippen LogP contribution in [0.1, 0.15) is 13.8 Å². The molecule has 1 N–H and O–H groups in total. The number of nitrogens with one attached hydrogen (secondary N) is 1. The molecule has 1 rings (SSSR count). The largest absolute Gasteiger partial charge is 0.369 e. The van der Waals surface area contributed by atoms with Crippen LogP contribution in [0.15, 0.2) is 6.20 Å². The summed E-state index contributed by atoms with van der Waals surface area (Å²) in [5.41, 5.74) is 0. The highest BCUT2D eigenvalue weighted by molar-refractivity contribution is 7.10. The third-order valence-electron chi connectivity index (χ3n) is 1.17. The van der Waals surface area contributed by atoms with Gasteiger partial charge in [-0.05, 0) is 13.8 Å². The van der Waals surface area contributed by atoms with Gasteiger partial charge in [0.05, 0.1) is 12.3 Å². The molecule has 0 spiro atoms. The maximum Gasteiger partial charge on any atom is 0.251 e. The van der Waals surface area contributed by atoms with Crippen molar-refractivity contribution in [3.8, 4) is 0 Å². The van der Waals surface area contributed by atoms with Gasteiger partial charge in [-0.1, -0.05) is 4.49 Å². The molecule has 5 nitrogen and oxygen atoms in total. The minimum atomic E-state index is -0.181.